The summed E-state index contributed by atoms with van der Waals surface area (Å²) < 4.78 is 4.90. The van der Waals surface area contributed by atoms with Crippen LogP contribution in [0.4, 0.5) is 0 Å². The normalized spacial score (nSPS) is 11.7. The van der Waals surface area contributed by atoms with Crippen LogP contribution in [0.2, 0.25) is 0 Å². The minimum atomic E-state index is -0.345. The molecule has 0 saturated carbocycles. The zero-order valence-corrected chi connectivity index (χ0v) is 10.4. The highest BCUT2D eigenvalue weighted by Crippen LogP contribution is 1.93. The summed E-state index contributed by atoms with van der Waals surface area (Å²) in [5, 5.41) is 2.81. The van der Waals surface area contributed by atoms with Crippen LogP contribution in [0, 0.1) is 0 Å². The quantitative estimate of drug-likeness (QED) is 0.622. The summed E-state index contributed by atoms with van der Waals surface area (Å²) in [7, 11) is 1.68. The van der Waals surface area contributed by atoms with E-state index in [0.717, 1.165) is 32.3 Å². The predicted molar refractivity (Wildman–Crippen MR) is 64.3 cm³/mol. The molecule has 15 heavy (non-hydrogen) atoms. The SMILES string of the molecule is CCCC(N)C(=O)NCCCCOC.Cl. The van der Waals surface area contributed by atoms with Gasteiger partial charge in [-0.1, -0.05) is 13.3 Å². The number of methoxy groups -OCH3 is 1. The molecule has 0 rings (SSSR count). The van der Waals surface area contributed by atoms with Gasteiger partial charge >= 0.3 is 0 Å². The molecule has 0 fully saturated rings. The van der Waals surface area contributed by atoms with Gasteiger partial charge in [0.1, 0.15) is 0 Å². The van der Waals surface area contributed by atoms with Gasteiger partial charge in [-0.25, -0.2) is 0 Å². The van der Waals surface area contributed by atoms with Gasteiger partial charge in [0.2, 0.25) is 5.91 Å². The third kappa shape index (κ3) is 9.97. The fourth-order valence-electron chi connectivity index (χ4n) is 1.16. The molecule has 0 aromatic carbocycles. The number of rotatable bonds is 8. The smallest absolute Gasteiger partial charge is 0.236 e. The van der Waals surface area contributed by atoms with E-state index in [4.69, 9.17) is 10.5 Å². The summed E-state index contributed by atoms with van der Waals surface area (Å²) >= 11 is 0. The standard InChI is InChI=1S/C10H22N2O2.ClH/c1-3-6-9(11)10(13)12-7-4-5-8-14-2;/h9H,3-8,11H2,1-2H3,(H,12,13);1H. The summed E-state index contributed by atoms with van der Waals surface area (Å²) in [5.41, 5.74) is 5.63. The topological polar surface area (TPSA) is 64.4 Å². The fourth-order valence-corrected chi connectivity index (χ4v) is 1.16. The predicted octanol–water partition coefficient (Wildman–Crippen LogP) is 1.08. The van der Waals surface area contributed by atoms with E-state index in [1.54, 1.807) is 7.11 Å². The molecule has 1 unspecified atom stereocenters. The lowest BCUT2D eigenvalue weighted by Gasteiger charge is -2.10. The molecule has 0 aliphatic carbocycles. The summed E-state index contributed by atoms with van der Waals surface area (Å²) in [6.45, 7) is 3.46. The molecule has 0 bridgehead atoms. The molecule has 5 heteroatoms. The number of amides is 1. The van der Waals surface area contributed by atoms with Crippen LogP contribution in [0.5, 0.6) is 0 Å². The average molecular weight is 239 g/mol. The Morgan fingerprint density at radius 1 is 1.47 bits per heavy atom. The van der Waals surface area contributed by atoms with Gasteiger partial charge in [0, 0.05) is 20.3 Å². The third-order valence-electron chi connectivity index (χ3n) is 2.01. The summed E-state index contributed by atoms with van der Waals surface area (Å²) in [6, 6.07) is -0.345. The second-order valence-corrected chi connectivity index (χ2v) is 3.39. The highest BCUT2D eigenvalue weighted by molar-refractivity contribution is 5.85. The Balaban J connectivity index is 0. The van der Waals surface area contributed by atoms with Crippen molar-refractivity contribution in [3.8, 4) is 0 Å². The van der Waals surface area contributed by atoms with Crippen molar-refractivity contribution in [2.75, 3.05) is 20.3 Å². The fraction of sp³-hybridized carbons (Fsp3) is 0.900. The van der Waals surface area contributed by atoms with Crippen LogP contribution in [-0.4, -0.2) is 32.2 Å². The first-order valence-electron chi connectivity index (χ1n) is 5.24. The molecule has 0 saturated heterocycles. The zero-order valence-electron chi connectivity index (χ0n) is 9.62. The molecule has 92 valence electrons. The van der Waals surface area contributed by atoms with Crippen molar-refractivity contribution in [3.63, 3.8) is 0 Å². The Kier molecular flexibility index (Phi) is 13.4. The lowest BCUT2D eigenvalue weighted by Crippen LogP contribution is -2.40. The van der Waals surface area contributed by atoms with E-state index >= 15 is 0 Å². The second-order valence-electron chi connectivity index (χ2n) is 3.39. The van der Waals surface area contributed by atoms with Gasteiger partial charge in [-0.2, -0.15) is 0 Å². The van der Waals surface area contributed by atoms with E-state index in [-0.39, 0.29) is 24.4 Å². The van der Waals surface area contributed by atoms with Crippen molar-refractivity contribution < 1.29 is 9.53 Å². The Bertz CT molecular complexity index is 156. The van der Waals surface area contributed by atoms with Crippen LogP contribution < -0.4 is 11.1 Å². The largest absolute Gasteiger partial charge is 0.385 e. The average Bonchev–Trinajstić information content (AvgIpc) is 2.17. The monoisotopic (exact) mass is 238 g/mol. The van der Waals surface area contributed by atoms with E-state index < -0.39 is 0 Å². The van der Waals surface area contributed by atoms with Crippen LogP contribution in [0.1, 0.15) is 32.6 Å². The van der Waals surface area contributed by atoms with Gasteiger partial charge in [0.25, 0.3) is 0 Å². The molecule has 0 radical (unpaired) electrons. The van der Waals surface area contributed by atoms with E-state index in [1.807, 2.05) is 6.92 Å². The molecule has 1 atom stereocenters. The highest BCUT2D eigenvalue weighted by atomic mass is 35.5. The van der Waals surface area contributed by atoms with E-state index in [0.29, 0.717) is 6.54 Å². The Morgan fingerprint density at radius 2 is 2.13 bits per heavy atom. The molecule has 0 aromatic heterocycles. The summed E-state index contributed by atoms with van der Waals surface area (Å²) in [6.07, 6.45) is 3.61. The van der Waals surface area contributed by atoms with Gasteiger partial charge in [-0.3, -0.25) is 4.79 Å². The first-order chi connectivity index (χ1) is 6.72. The number of ether oxygens (including phenoxy) is 1. The van der Waals surface area contributed by atoms with Crippen molar-refractivity contribution in [2.45, 2.75) is 38.6 Å². The molecule has 1 amide bonds. The highest BCUT2D eigenvalue weighted by Gasteiger charge is 2.10. The van der Waals surface area contributed by atoms with Crippen molar-refractivity contribution in [2.24, 2.45) is 5.73 Å². The number of unbranched alkanes of at least 4 members (excludes halogenated alkanes) is 1. The molecule has 0 aromatic rings. The maximum atomic E-state index is 11.3. The van der Waals surface area contributed by atoms with Gasteiger partial charge in [0.05, 0.1) is 6.04 Å². The van der Waals surface area contributed by atoms with Crippen molar-refractivity contribution in [1.82, 2.24) is 5.32 Å². The first kappa shape index (κ1) is 17.1. The lowest BCUT2D eigenvalue weighted by molar-refractivity contribution is -0.122. The van der Waals surface area contributed by atoms with Crippen LogP contribution in [0.3, 0.4) is 0 Å². The molecular weight excluding hydrogens is 216 g/mol. The number of hydrogen-bond donors (Lipinski definition) is 2. The number of nitrogens with two attached hydrogens (primary N) is 1. The van der Waals surface area contributed by atoms with Gasteiger partial charge in [-0.05, 0) is 19.3 Å². The molecule has 0 aliphatic rings. The molecule has 0 heterocycles. The van der Waals surface area contributed by atoms with Crippen LogP contribution in [0.15, 0.2) is 0 Å². The minimum absolute atomic E-state index is 0. The molecular formula is C10H23ClN2O2. The Hall–Kier alpha value is -0.320. The third-order valence-corrected chi connectivity index (χ3v) is 2.01. The van der Waals surface area contributed by atoms with Crippen LogP contribution in [-0.2, 0) is 9.53 Å². The number of carbonyl (C=O) groups excluding carboxylic acids is 1. The molecule has 0 aliphatic heterocycles. The van der Waals surface area contributed by atoms with Gasteiger partial charge in [-0.15, -0.1) is 12.4 Å². The van der Waals surface area contributed by atoms with Crippen LogP contribution >= 0.6 is 12.4 Å². The first-order valence-corrected chi connectivity index (χ1v) is 5.24. The van der Waals surface area contributed by atoms with E-state index in [9.17, 15) is 4.79 Å². The summed E-state index contributed by atoms with van der Waals surface area (Å²) in [4.78, 5) is 11.3. The van der Waals surface area contributed by atoms with E-state index in [2.05, 4.69) is 5.32 Å². The van der Waals surface area contributed by atoms with Crippen molar-refractivity contribution in [3.05, 3.63) is 0 Å². The van der Waals surface area contributed by atoms with Crippen LogP contribution in [0.25, 0.3) is 0 Å². The second kappa shape index (κ2) is 11.8. The number of nitrogens with one attached hydrogen (secondary N) is 1. The van der Waals surface area contributed by atoms with Gasteiger partial charge in [0.15, 0.2) is 0 Å². The molecule has 0 spiro atoms. The lowest BCUT2D eigenvalue weighted by atomic mass is 10.1. The van der Waals surface area contributed by atoms with Gasteiger partial charge < -0.3 is 15.8 Å². The Labute approximate surface area is 98.3 Å². The summed E-state index contributed by atoms with van der Waals surface area (Å²) in [5.74, 6) is -0.0377. The van der Waals surface area contributed by atoms with Crippen molar-refractivity contribution >= 4 is 18.3 Å². The minimum Gasteiger partial charge on any atom is -0.385 e. The van der Waals surface area contributed by atoms with Crippen molar-refractivity contribution in [1.29, 1.82) is 0 Å². The zero-order chi connectivity index (χ0) is 10.8. The number of halogens is 1. The molecule has 3 N–H and O–H groups in total. The molecule has 4 nitrogen and oxygen atoms in total. The Morgan fingerprint density at radius 3 is 2.67 bits per heavy atom. The maximum Gasteiger partial charge on any atom is 0.236 e. The number of hydrogen-bond acceptors (Lipinski definition) is 3. The maximum absolute atomic E-state index is 11.3. The van der Waals surface area contributed by atoms with E-state index in [1.165, 1.54) is 0 Å². The number of carbonyl (C=O) groups is 1.